The van der Waals surface area contributed by atoms with Crippen molar-refractivity contribution in [2.45, 2.75) is 32.6 Å². The van der Waals surface area contributed by atoms with Gasteiger partial charge in [-0.2, -0.15) is 0 Å². The van der Waals surface area contributed by atoms with Gasteiger partial charge in [0, 0.05) is 17.7 Å². The van der Waals surface area contributed by atoms with Gasteiger partial charge < -0.3 is 0 Å². The Kier molecular flexibility index (Phi) is 7.18. The van der Waals surface area contributed by atoms with Crippen molar-refractivity contribution in [3.63, 3.8) is 0 Å². The summed E-state index contributed by atoms with van der Waals surface area (Å²) in [6.07, 6.45) is 6.53. The second kappa shape index (κ2) is 8.84. The molecule has 0 heterocycles. The third-order valence-electron chi connectivity index (χ3n) is 2.31. The van der Waals surface area contributed by atoms with Crippen LogP contribution in [0.5, 0.6) is 0 Å². The van der Waals surface area contributed by atoms with Crippen LogP contribution in [0.3, 0.4) is 0 Å². The number of aliphatic imine (C=N–C) groups is 1. The average Bonchev–Trinajstić information content (AvgIpc) is 2.35. The summed E-state index contributed by atoms with van der Waals surface area (Å²) in [4.78, 5) is 4.25. The van der Waals surface area contributed by atoms with Crippen molar-refractivity contribution in [2.75, 3.05) is 6.54 Å². The molecule has 0 N–H and O–H groups in total. The summed E-state index contributed by atoms with van der Waals surface area (Å²) in [7, 11) is 0. The third kappa shape index (κ3) is 6.81. The first-order valence-corrected chi connectivity index (χ1v) is 6.42. The van der Waals surface area contributed by atoms with Crippen molar-refractivity contribution in [3.05, 3.63) is 34.9 Å². The molecule has 1 nitrogen and oxygen atoms in total. The summed E-state index contributed by atoms with van der Waals surface area (Å²) in [5, 5.41) is 0.748. The number of hydrogen-bond donors (Lipinski definition) is 0. The first-order chi connectivity index (χ1) is 8.33. The quantitative estimate of drug-likeness (QED) is 0.417. The van der Waals surface area contributed by atoms with E-state index in [1.807, 2.05) is 30.5 Å². The summed E-state index contributed by atoms with van der Waals surface area (Å²) in [5.41, 5.74) is 1.06. The molecule has 0 spiro atoms. The molecular formula is C15H18ClN. The lowest BCUT2D eigenvalue weighted by Gasteiger charge is -1.91. The molecule has 1 aromatic carbocycles. The zero-order chi connectivity index (χ0) is 12.3. The Hall–Kier alpha value is -1.26. The van der Waals surface area contributed by atoms with E-state index >= 15 is 0 Å². The molecule has 0 aliphatic heterocycles. The summed E-state index contributed by atoms with van der Waals surface area (Å²) in [6, 6.07) is 7.61. The first kappa shape index (κ1) is 13.8. The van der Waals surface area contributed by atoms with Crippen molar-refractivity contribution < 1.29 is 0 Å². The molecule has 0 bridgehead atoms. The molecule has 2 heteroatoms. The lowest BCUT2D eigenvalue weighted by atomic mass is 10.2. The standard InChI is InChI=1S/C15H18ClN/c1-2-3-4-5-6-7-12-17-13-14-8-10-15(16)11-9-14/h8-11,13H,2-5,12H2,1H3. The smallest absolute Gasteiger partial charge is 0.0997 e. The molecule has 90 valence electrons. The molecule has 0 saturated heterocycles. The van der Waals surface area contributed by atoms with E-state index in [1.165, 1.54) is 19.3 Å². The van der Waals surface area contributed by atoms with Gasteiger partial charge in [0.15, 0.2) is 0 Å². The summed E-state index contributed by atoms with van der Waals surface area (Å²) < 4.78 is 0. The van der Waals surface area contributed by atoms with Crippen molar-refractivity contribution >= 4 is 17.8 Å². The van der Waals surface area contributed by atoms with Gasteiger partial charge in [0.05, 0.1) is 6.54 Å². The normalized spacial score (nSPS) is 10.2. The van der Waals surface area contributed by atoms with Crippen LogP contribution >= 0.6 is 11.6 Å². The van der Waals surface area contributed by atoms with Crippen LogP contribution < -0.4 is 0 Å². The van der Waals surface area contributed by atoms with E-state index in [0.717, 1.165) is 17.0 Å². The Morgan fingerprint density at radius 1 is 1.18 bits per heavy atom. The van der Waals surface area contributed by atoms with E-state index in [-0.39, 0.29) is 0 Å². The fraction of sp³-hybridized carbons (Fsp3) is 0.400. The van der Waals surface area contributed by atoms with Crippen LogP contribution in [0, 0.1) is 11.8 Å². The number of nitrogens with zero attached hydrogens (tertiary/aromatic N) is 1. The number of rotatable bonds is 5. The van der Waals surface area contributed by atoms with Gasteiger partial charge in [-0.1, -0.05) is 49.4 Å². The number of hydrogen-bond acceptors (Lipinski definition) is 1. The second-order valence-electron chi connectivity index (χ2n) is 3.83. The molecular weight excluding hydrogens is 230 g/mol. The van der Waals surface area contributed by atoms with E-state index in [4.69, 9.17) is 11.6 Å². The minimum atomic E-state index is 0.578. The van der Waals surface area contributed by atoms with Gasteiger partial charge in [-0.25, -0.2) is 0 Å². The molecule has 0 amide bonds. The van der Waals surface area contributed by atoms with E-state index in [2.05, 4.69) is 23.8 Å². The highest BCUT2D eigenvalue weighted by atomic mass is 35.5. The van der Waals surface area contributed by atoms with Crippen molar-refractivity contribution in [1.29, 1.82) is 0 Å². The highest BCUT2D eigenvalue weighted by Gasteiger charge is 1.87. The van der Waals surface area contributed by atoms with Gasteiger partial charge >= 0.3 is 0 Å². The topological polar surface area (TPSA) is 12.4 Å². The minimum absolute atomic E-state index is 0.578. The molecule has 0 aliphatic carbocycles. The molecule has 1 rings (SSSR count). The second-order valence-corrected chi connectivity index (χ2v) is 4.27. The van der Waals surface area contributed by atoms with Crippen LogP contribution in [0.1, 0.15) is 38.2 Å². The maximum atomic E-state index is 5.79. The van der Waals surface area contributed by atoms with Crippen molar-refractivity contribution in [2.24, 2.45) is 4.99 Å². The monoisotopic (exact) mass is 247 g/mol. The lowest BCUT2D eigenvalue weighted by Crippen LogP contribution is -1.82. The van der Waals surface area contributed by atoms with Crippen LogP contribution in [0.2, 0.25) is 5.02 Å². The van der Waals surface area contributed by atoms with Crippen LogP contribution in [-0.2, 0) is 0 Å². The summed E-state index contributed by atoms with van der Waals surface area (Å²) in [6.45, 7) is 2.78. The first-order valence-electron chi connectivity index (χ1n) is 6.04. The van der Waals surface area contributed by atoms with Gasteiger partial charge in [0.25, 0.3) is 0 Å². The van der Waals surface area contributed by atoms with Crippen LogP contribution in [0.4, 0.5) is 0 Å². The zero-order valence-electron chi connectivity index (χ0n) is 10.2. The van der Waals surface area contributed by atoms with Gasteiger partial charge in [0.2, 0.25) is 0 Å². The fourth-order valence-corrected chi connectivity index (χ4v) is 1.48. The van der Waals surface area contributed by atoms with Gasteiger partial charge in [-0.05, 0) is 24.1 Å². The van der Waals surface area contributed by atoms with Crippen molar-refractivity contribution in [1.82, 2.24) is 0 Å². The lowest BCUT2D eigenvalue weighted by molar-refractivity contribution is 0.737. The fourth-order valence-electron chi connectivity index (χ4n) is 1.35. The van der Waals surface area contributed by atoms with Gasteiger partial charge in [-0.15, -0.1) is 5.92 Å². The predicted molar refractivity (Wildman–Crippen MR) is 75.8 cm³/mol. The van der Waals surface area contributed by atoms with E-state index in [1.54, 1.807) is 0 Å². The molecule has 0 saturated carbocycles. The van der Waals surface area contributed by atoms with E-state index in [9.17, 15) is 0 Å². The maximum Gasteiger partial charge on any atom is 0.0997 e. The predicted octanol–water partition coefficient (Wildman–Crippen LogP) is 4.34. The molecule has 0 unspecified atom stereocenters. The maximum absolute atomic E-state index is 5.79. The Morgan fingerprint density at radius 3 is 2.65 bits per heavy atom. The zero-order valence-corrected chi connectivity index (χ0v) is 11.0. The molecule has 17 heavy (non-hydrogen) atoms. The van der Waals surface area contributed by atoms with Crippen LogP contribution in [0.25, 0.3) is 0 Å². The Balaban J connectivity index is 2.23. The van der Waals surface area contributed by atoms with Gasteiger partial charge in [-0.3, -0.25) is 4.99 Å². The molecule has 0 aliphatic rings. The highest BCUT2D eigenvalue weighted by molar-refractivity contribution is 6.30. The third-order valence-corrected chi connectivity index (χ3v) is 2.56. The molecule has 0 fully saturated rings. The number of unbranched alkanes of at least 4 members (excludes halogenated alkanes) is 3. The summed E-state index contributed by atoms with van der Waals surface area (Å²) >= 11 is 5.79. The van der Waals surface area contributed by atoms with Crippen molar-refractivity contribution in [3.8, 4) is 11.8 Å². The highest BCUT2D eigenvalue weighted by Crippen LogP contribution is 2.07. The Labute approximate surface area is 109 Å². The Bertz CT molecular complexity index is 395. The number of halogens is 1. The molecule has 1 aromatic rings. The molecule has 0 radical (unpaired) electrons. The average molecular weight is 248 g/mol. The number of benzene rings is 1. The summed E-state index contributed by atoms with van der Waals surface area (Å²) in [5.74, 6) is 6.18. The molecule has 0 aromatic heterocycles. The van der Waals surface area contributed by atoms with Crippen LogP contribution in [-0.4, -0.2) is 12.8 Å². The minimum Gasteiger partial charge on any atom is -0.280 e. The largest absolute Gasteiger partial charge is 0.280 e. The molecule has 0 atom stereocenters. The van der Waals surface area contributed by atoms with Crippen LogP contribution in [0.15, 0.2) is 29.3 Å². The van der Waals surface area contributed by atoms with E-state index < -0.39 is 0 Å². The SMILES string of the molecule is CCCCCC#CCN=Cc1ccc(Cl)cc1. The van der Waals surface area contributed by atoms with E-state index in [0.29, 0.717) is 6.54 Å². The van der Waals surface area contributed by atoms with Gasteiger partial charge in [0.1, 0.15) is 0 Å². The Morgan fingerprint density at radius 2 is 1.94 bits per heavy atom.